The van der Waals surface area contributed by atoms with Gasteiger partial charge < -0.3 is 0 Å². The normalized spacial score (nSPS) is 11.0. The molecule has 0 bridgehead atoms. The number of aryl methyl sites for hydroxylation is 1. The molecule has 1 aromatic carbocycles. The number of halogens is 1. The maximum atomic E-state index is 12.2. The summed E-state index contributed by atoms with van der Waals surface area (Å²) in [6.07, 6.45) is 0. The highest BCUT2D eigenvalue weighted by Gasteiger charge is 2.19. The lowest BCUT2D eigenvalue weighted by molar-refractivity contribution is 0.678. The van der Waals surface area contributed by atoms with E-state index in [0.29, 0.717) is 16.4 Å². The zero-order chi connectivity index (χ0) is 15.1. The lowest BCUT2D eigenvalue weighted by Crippen LogP contribution is -2.36. The molecule has 0 radical (unpaired) electrons. The number of hydrogen-bond donors (Lipinski definition) is 0. The summed E-state index contributed by atoms with van der Waals surface area (Å²) in [4.78, 5) is 31.8. The van der Waals surface area contributed by atoms with Crippen molar-refractivity contribution in [1.29, 1.82) is 0 Å². The minimum absolute atomic E-state index is 0.0736. The molecular formula is C13H10ClN5O2. The van der Waals surface area contributed by atoms with Crippen LogP contribution in [0.25, 0.3) is 22.9 Å². The summed E-state index contributed by atoms with van der Waals surface area (Å²) < 4.78 is 2.26. The van der Waals surface area contributed by atoms with Gasteiger partial charge in [0, 0.05) is 19.7 Å². The second-order valence-electron chi connectivity index (χ2n) is 4.47. The van der Waals surface area contributed by atoms with E-state index in [9.17, 15) is 9.59 Å². The van der Waals surface area contributed by atoms with Crippen LogP contribution in [0.3, 0.4) is 0 Å². The first-order chi connectivity index (χ1) is 9.99. The van der Waals surface area contributed by atoms with Gasteiger partial charge >= 0.3 is 5.69 Å². The van der Waals surface area contributed by atoms with Gasteiger partial charge in [-0.3, -0.25) is 9.36 Å². The Labute approximate surface area is 123 Å². The maximum Gasteiger partial charge on any atom is 0.352 e. The molecule has 0 saturated heterocycles. The molecule has 8 heteroatoms. The van der Waals surface area contributed by atoms with Crippen LogP contribution in [0.1, 0.15) is 0 Å². The fourth-order valence-electron chi connectivity index (χ4n) is 1.96. The number of fused-ring (bicyclic) bond motifs is 1. The van der Waals surface area contributed by atoms with Crippen LogP contribution in [0, 0.1) is 0 Å². The van der Waals surface area contributed by atoms with Crippen LogP contribution in [0.15, 0.2) is 33.9 Å². The lowest BCUT2D eigenvalue weighted by atomic mass is 10.2. The monoisotopic (exact) mass is 303 g/mol. The highest BCUT2D eigenvalue weighted by Crippen LogP contribution is 2.25. The summed E-state index contributed by atoms with van der Waals surface area (Å²) in [6.45, 7) is 0. The fourth-order valence-corrected chi connectivity index (χ4v) is 2.18. The Bertz CT molecular complexity index is 931. The van der Waals surface area contributed by atoms with Crippen molar-refractivity contribution in [1.82, 2.24) is 24.3 Å². The predicted molar refractivity (Wildman–Crippen MR) is 77.4 cm³/mol. The van der Waals surface area contributed by atoms with Gasteiger partial charge in [0.25, 0.3) is 5.56 Å². The van der Waals surface area contributed by atoms with Crippen molar-refractivity contribution < 1.29 is 0 Å². The SMILES string of the molecule is Cn1nc(-c2ccccc2Cl)nc2c(=O)n(C)c(=O)nc1-2. The minimum atomic E-state index is -0.641. The van der Waals surface area contributed by atoms with Crippen LogP contribution in [-0.2, 0) is 14.1 Å². The lowest BCUT2D eigenvalue weighted by Gasteiger charge is -2.11. The molecule has 7 nitrogen and oxygen atoms in total. The van der Waals surface area contributed by atoms with Gasteiger partial charge in [0.05, 0.1) is 5.02 Å². The number of nitrogens with zero attached hydrogens (tertiary/aromatic N) is 5. The Balaban J connectivity index is 2.40. The van der Waals surface area contributed by atoms with Crippen LogP contribution in [0.5, 0.6) is 0 Å². The first kappa shape index (κ1) is 13.4. The molecule has 2 aliphatic heterocycles. The number of rotatable bonds is 1. The third-order valence-corrected chi connectivity index (χ3v) is 3.42. The van der Waals surface area contributed by atoms with E-state index >= 15 is 0 Å². The first-order valence-corrected chi connectivity index (χ1v) is 6.44. The van der Waals surface area contributed by atoms with Crippen molar-refractivity contribution in [3.63, 3.8) is 0 Å². The largest absolute Gasteiger partial charge is 0.352 e. The van der Waals surface area contributed by atoms with E-state index in [2.05, 4.69) is 15.1 Å². The first-order valence-electron chi connectivity index (χ1n) is 6.06. The van der Waals surface area contributed by atoms with Gasteiger partial charge in [0.2, 0.25) is 0 Å². The van der Waals surface area contributed by atoms with E-state index in [1.165, 1.54) is 11.7 Å². The Morgan fingerprint density at radius 2 is 1.81 bits per heavy atom. The maximum absolute atomic E-state index is 12.2. The molecule has 2 heterocycles. The summed E-state index contributed by atoms with van der Waals surface area (Å²) in [5, 5.41) is 4.69. The topological polar surface area (TPSA) is 82.7 Å². The summed E-state index contributed by atoms with van der Waals surface area (Å²) in [6, 6.07) is 7.05. The molecule has 0 spiro atoms. The van der Waals surface area contributed by atoms with Gasteiger partial charge in [-0.25, -0.2) is 14.5 Å². The molecule has 0 fully saturated rings. The van der Waals surface area contributed by atoms with E-state index in [4.69, 9.17) is 11.6 Å². The summed E-state index contributed by atoms with van der Waals surface area (Å²) in [7, 11) is 2.95. The van der Waals surface area contributed by atoms with E-state index < -0.39 is 11.2 Å². The highest BCUT2D eigenvalue weighted by molar-refractivity contribution is 6.33. The third-order valence-electron chi connectivity index (χ3n) is 3.09. The Morgan fingerprint density at radius 1 is 1.10 bits per heavy atom. The quantitative estimate of drug-likeness (QED) is 0.660. The summed E-state index contributed by atoms with van der Waals surface area (Å²) >= 11 is 6.12. The molecule has 0 N–H and O–H groups in total. The average molecular weight is 304 g/mol. The Hall–Kier alpha value is -2.54. The van der Waals surface area contributed by atoms with Gasteiger partial charge in [0.15, 0.2) is 17.3 Å². The van der Waals surface area contributed by atoms with Crippen molar-refractivity contribution in [2.45, 2.75) is 0 Å². The van der Waals surface area contributed by atoms with Crippen molar-refractivity contribution in [2.75, 3.05) is 0 Å². The zero-order valence-electron chi connectivity index (χ0n) is 11.2. The Morgan fingerprint density at radius 3 is 2.52 bits per heavy atom. The van der Waals surface area contributed by atoms with E-state index in [1.54, 1.807) is 31.3 Å². The van der Waals surface area contributed by atoms with E-state index in [1.807, 2.05) is 0 Å². The van der Waals surface area contributed by atoms with Gasteiger partial charge in [-0.2, -0.15) is 10.1 Å². The molecule has 0 amide bonds. The number of benzene rings is 1. The van der Waals surface area contributed by atoms with Crippen molar-refractivity contribution in [2.24, 2.45) is 14.1 Å². The van der Waals surface area contributed by atoms with Crippen molar-refractivity contribution in [3.8, 4) is 22.9 Å². The van der Waals surface area contributed by atoms with Gasteiger partial charge in [-0.05, 0) is 12.1 Å². The number of hydrogen-bond acceptors (Lipinski definition) is 5. The summed E-state index contributed by atoms with van der Waals surface area (Å²) in [5.41, 5.74) is -0.483. The van der Waals surface area contributed by atoms with E-state index in [-0.39, 0.29) is 11.5 Å². The standard InChI is InChI=1S/C13H10ClN5O2/c1-18-12(20)9-11(16-13(18)21)19(2)17-10(15-9)7-5-3-4-6-8(7)14/h3-6H,1-2H3. The second-order valence-corrected chi connectivity index (χ2v) is 4.88. The summed E-state index contributed by atoms with van der Waals surface area (Å²) in [5.74, 6) is 0.437. The molecule has 106 valence electrons. The predicted octanol–water partition coefficient (Wildman–Crippen LogP) is 0.694. The van der Waals surface area contributed by atoms with Crippen LogP contribution >= 0.6 is 11.6 Å². The van der Waals surface area contributed by atoms with Crippen LogP contribution in [-0.4, -0.2) is 24.3 Å². The van der Waals surface area contributed by atoms with E-state index in [0.717, 1.165) is 4.57 Å². The molecule has 21 heavy (non-hydrogen) atoms. The molecule has 2 aliphatic rings. The van der Waals surface area contributed by atoms with Crippen molar-refractivity contribution >= 4 is 11.6 Å². The van der Waals surface area contributed by atoms with Crippen LogP contribution in [0.4, 0.5) is 0 Å². The molecule has 0 aliphatic carbocycles. The van der Waals surface area contributed by atoms with Crippen LogP contribution < -0.4 is 11.2 Å². The fraction of sp³-hybridized carbons (Fsp3) is 0.154. The average Bonchev–Trinajstić information content (AvgIpc) is 2.46. The molecule has 0 atom stereocenters. The molecule has 3 rings (SSSR count). The number of aromatic nitrogens is 5. The van der Waals surface area contributed by atoms with Gasteiger partial charge in [0.1, 0.15) is 0 Å². The molecule has 0 unspecified atom stereocenters. The molecule has 1 aromatic rings. The third kappa shape index (κ3) is 2.11. The minimum Gasteiger partial charge on any atom is -0.267 e. The highest BCUT2D eigenvalue weighted by atomic mass is 35.5. The molecular weight excluding hydrogens is 294 g/mol. The van der Waals surface area contributed by atoms with Gasteiger partial charge in [-0.1, -0.05) is 23.7 Å². The Kier molecular flexibility index (Phi) is 3.06. The van der Waals surface area contributed by atoms with Crippen molar-refractivity contribution in [3.05, 3.63) is 50.1 Å². The zero-order valence-corrected chi connectivity index (χ0v) is 12.0. The van der Waals surface area contributed by atoms with Gasteiger partial charge in [-0.15, -0.1) is 0 Å². The second kappa shape index (κ2) is 4.78. The smallest absolute Gasteiger partial charge is 0.267 e. The molecule has 0 aromatic heterocycles. The molecule has 0 saturated carbocycles. The van der Waals surface area contributed by atoms with Crippen LogP contribution in [0.2, 0.25) is 5.02 Å².